The lowest BCUT2D eigenvalue weighted by atomic mass is 10.0. The van der Waals surface area contributed by atoms with Crippen LogP contribution < -0.4 is 43.8 Å². The molecule has 9 aromatic carbocycles. The second kappa shape index (κ2) is 30.2. The zero-order valence-corrected chi connectivity index (χ0v) is 63.2. The van der Waals surface area contributed by atoms with E-state index in [9.17, 15) is 0 Å². The van der Waals surface area contributed by atoms with Crippen LogP contribution in [-0.4, -0.2) is 76.3 Å². The number of furan rings is 1. The summed E-state index contributed by atoms with van der Waals surface area (Å²) in [5, 5.41) is 2.06. The zero-order valence-electron chi connectivity index (χ0n) is 74.2. The van der Waals surface area contributed by atoms with E-state index in [1.165, 1.54) is 58.1 Å². The van der Waals surface area contributed by atoms with Crippen molar-refractivity contribution in [1.29, 1.82) is 0 Å². The molecule has 18 rings (SSSR count). The lowest BCUT2D eigenvalue weighted by Gasteiger charge is -2.33. The fraction of sp³-hybridized carbons (Fsp3) is 0.250. The quantitative estimate of drug-likeness (QED) is 0.135. The van der Waals surface area contributed by atoms with Crippen molar-refractivity contribution in [1.82, 2.24) is 24.5 Å². The number of fused-ring (bicyclic) bond motifs is 8. The van der Waals surface area contributed by atoms with Gasteiger partial charge in [-0.15, -0.1) is 0 Å². The topological polar surface area (TPSA) is 99.4 Å². The summed E-state index contributed by atoms with van der Waals surface area (Å²) in [5.41, 5.74) is 18.9. The Kier molecular flexibility index (Phi) is 16.8. The Hall–Kier alpha value is -12.0. The summed E-state index contributed by atoms with van der Waals surface area (Å²) in [6.45, 7) is 11.8. The summed E-state index contributed by atoms with van der Waals surface area (Å²) in [6, 6.07) is 73.4. The monoisotopic (exact) mass is 1430 g/mol. The molecule has 0 radical (unpaired) electrons. The van der Waals surface area contributed by atoms with E-state index in [-0.39, 0.29) is 24.1 Å². The third-order valence-corrected chi connectivity index (χ3v) is 21.2. The van der Waals surface area contributed by atoms with Gasteiger partial charge in [-0.2, -0.15) is 4.57 Å². The maximum Gasteiger partial charge on any atom is 0.295 e. The van der Waals surface area contributed by atoms with Crippen LogP contribution in [0.1, 0.15) is 110 Å². The van der Waals surface area contributed by atoms with Crippen LogP contribution in [0.2, 0.25) is 0 Å². The number of anilines is 12. The SMILES string of the molecule is Cc1ccccc1N1c2cccnc2N(C)[C@H]1C.Cc1ccccc1N1c2ncccc2N(C)[C@H]1C.Cc1ccccc1N1c2nccnc2N(C)[C@H]1C.[2H]C([2H])([2H])C([2H])(C)N1c2ccccc2N(c2c(C)ccc3c2oc2ccccc23)[C@@H]1C.[2H]C([2H])([2H])C([2H])(c1ccccc1-n1c(-c2ccccc2C)[n+](C)c2ccccc21)C([2H])([2H])[2H]. The number of rotatable bonds is 8. The third-order valence-electron chi connectivity index (χ3n) is 21.2. The lowest BCUT2D eigenvalue weighted by Crippen LogP contribution is -2.42. The standard InChI is InChI=1S/C24H24N2O.C24H25N2.2C15H17N3.C14H16N4/c1-15(2)25-17(4)26(21-11-7-6-10-20(21)25)23-16(3)13-14-19-18-9-5-8-12-22(18)27-24(19)23;1-17(2)19-12-7-8-14-21(19)26-23-16-10-9-15-22(23)25(4)24(26)20-13-6-5-11-18(20)3;1-11-7-4-5-8-13(11)18-12(2)17(3)15-14(18)9-6-10-16-15;1-11-7-4-5-8-13(11)18-12(2)17(3)14-9-6-10-16-15(14)18;1-10-6-4-5-7-12(10)18-11(2)17(3)13-14(18)16-9-8-15-13/h5-15,17H,1-4H3;5-17H,1-4H3;2*4-10,12H,1-3H3;4-9,11H,1-3H3/q;+1;;;/t17-;;2*12-;11-/m1.111/s1/i1D3,15D;1D3,2D3,17D;;;/t15?,17-;;;;. The summed E-state index contributed by atoms with van der Waals surface area (Å²) >= 11 is 0. The van der Waals surface area contributed by atoms with Gasteiger partial charge in [0, 0.05) is 99.1 Å². The van der Waals surface area contributed by atoms with E-state index in [0.29, 0.717) is 5.69 Å². The van der Waals surface area contributed by atoms with Crippen LogP contribution in [0.5, 0.6) is 0 Å². The molecule has 0 saturated heterocycles. The first-order valence-corrected chi connectivity index (χ1v) is 36.3. The summed E-state index contributed by atoms with van der Waals surface area (Å²) in [7, 11) is 8.18. The molecule has 0 fully saturated rings. The van der Waals surface area contributed by atoms with E-state index in [1.54, 1.807) is 35.5 Å². The highest BCUT2D eigenvalue weighted by Crippen LogP contribution is 2.50. The van der Waals surface area contributed by atoms with Gasteiger partial charge in [-0.1, -0.05) is 159 Å². The molecule has 5 aromatic heterocycles. The van der Waals surface area contributed by atoms with Gasteiger partial charge in [-0.3, -0.25) is 0 Å². The molecular formula is C92H99N14O+. The van der Waals surface area contributed by atoms with Gasteiger partial charge in [-0.05, 0) is 195 Å². The van der Waals surface area contributed by atoms with Crippen molar-refractivity contribution in [2.45, 2.75) is 126 Å². The average molecular weight is 1430 g/mol. The van der Waals surface area contributed by atoms with E-state index in [1.807, 2.05) is 159 Å². The molecule has 9 heterocycles. The maximum atomic E-state index is 8.84. The molecule has 0 N–H and O–H groups in total. The molecule has 0 saturated carbocycles. The molecule has 14 aromatic rings. The number of aryl methyl sites for hydroxylation is 6. The minimum atomic E-state index is -3.08. The predicted molar refractivity (Wildman–Crippen MR) is 447 cm³/mol. The van der Waals surface area contributed by atoms with E-state index in [4.69, 9.17) is 19.5 Å². The van der Waals surface area contributed by atoms with Crippen molar-refractivity contribution in [2.24, 2.45) is 7.05 Å². The van der Waals surface area contributed by atoms with Gasteiger partial charge in [0.15, 0.2) is 39.9 Å². The molecule has 0 aliphatic carbocycles. The number of pyridine rings is 2. The summed E-state index contributed by atoms with van der Waals surface area (Å²) in [5.74, 6) is 1.91. The fourth-order valence-corrected chi connectivity index (χ4v) is 15.4. The van der Waals surface area contributed by atoms with E-state index >= 15 is 0 Å². The van der Waals surface area contributed by atoms with Gasteiger partial charge in [0.05, 0.1) is 42.4 Å². The maximum absolute atomic E-state index is 8.84. The van der Waals surface area contributed by atoms with E-state index in [0.717, 1.165) is 95.8 Å². The van der Waals surface area contributed by atoms with Crippen molar-refractivity contribution in [3.63, 3.8) is 0 Å². The van der Waals surface area contributed by atoms with E-state index in [2.05, 4.69) is 214 Å². The van der Waals surface area contributed by atoms with Gasteiger partial charge < -0.3 is 43.6 Å². The van der Waals surface area contributed by atoms with Crippen LogP contribution in [-0.2, 0) is 7.05 Å². The van der Waals surface area contributed by atoms with Crippen LogP contribution in [0.15, 0.2) is 260 Å². The Balaban J connectivity index is 0.000000125. The summed E-state index contributed by atoms with van der Waals surface area (Å²) < 4.78 is 100. The molecule has 15 heteroatoms. The first-order valence-electron chi connectivity index (χ1n) is 41.8. The summed E-state index contributed by atoms with van der Waals surface area (Å²) in [4.78, 5) is 35.2. The van der Waals surface area contributed by atoms with Crippen molar-refractivity contribution < 1.29 is 24.1 Å². The Bertz CT molecular complexity index is 5760. The van der Waals surface area contributed by atoms with Gasteiger partial charge in [0.2, 0.25) is 0 Å². The average Bonchev–Trinajstić information content (AvgIpc) is 1.51. The van der Waals surface area contributed by atoms with Crippen molar-refractivity contribution in [2.75, 3.05) is 60.3 Å². The van der Waals surface area contributed by atoms with Gasteiger partial charge in [-0.25, -0.2) is 24.5 Å². The lowest BCUT2D eigenvalue weighted by molar-refractivity contribution is -0.633. The highest BCUT2D eigenvalue weighted by atomic mass is 16.3. The number of aromatic nitrogens is 6. The third kappa shape index (κ3) is 13.2. The number of nitrogens with zero attached hydrogens (tertiary/aromatic N) is 14. The molecule has 15 nitrogen and oxygen atoms in total. The minimum absolute atomic E-state index is 0.0683. The smallest absolute Gasteiger partial charge is 0.295 e. The minimum Gasteiger partial charge on any atom is -0.454 e. The fourth-order valence-electron chi connectivity index (χ4n) is 15.4. The van der Waals surface area contributed by atoms with Crippen LogP contribution in [0.25, 0.3) is 50.0 Å². The molecule has 4 aliphatic heterocycles. The number of para-hydroxylation sites is 9. The second-order valence-corrected chi connectivity index (χ2v) is 27.7. The first kappa shape index (κ1) is 59.3. The van der Waals surface area contributed by atoms with Crippen molar-refractivity contribution >= 4 is 102 Å². The number of benzene rings is 9. The summed E-state index contributed by atoms with van der Waals surface area (Å²) in [6.07, 6.45) is 7.60. The number of hydrogen-bond acceptors (Lipinski definition) is 13. The normalized spacial score (nSPS) is 18.6. The number of imidazole rings is 1. The highest BCUT2D eigenvalue weighted by molar-refractivity contribution is 6.11. The molecule has 0 spiro atoms. The highest BCUT2D eigenvalue weighted by Gasteiger charge is 2.39. The molecule has 107 heavy (non-hydrogen) atoms. The molecule has 542 valence electrons. The van der Waals surface area contributed by atoms with Gasteiger partial charge in [0.1, 0.15) is 35.9 Å². The Morgan fingerprint density at radius 2 is 0.897 bits per heavy atom. The van der Waals surface area contributed by atoms with Crippen LogP contribution in [0, 0.1) is 34.6 Å². The molecule has 1 unspecified atom stereocenters. The Labute approximate surface area is 646 Å². The largest absolute Gasteiger partial charge is 0.454 e. The van der Waals surface area contributed by atoms with Crippen molar-refractivity contribution in [3.05, 3.63) is 289 Å². The van der Waals surface area contributed by atoms with Crippen LogP contribution >= 0.6 is 0 Å². The van der Waals surface area contributed by atoms with Gasteiger partial charge in [0.25, 0.3) is 5.82 Å². The second-order valence-electron chi connectivity index (χ2n) is 27.7. The molecule has 0 amide bonds. The van der Waals surface area contributed by atoms with Crippen molar-refractivity contribution in [3.8, 4) is 17.1 Å². The Morgan fingerprint density at radius 1 is 0.402 bits per heavy atom. The zero-order chi connectivity index (χ0) is 84.4. The number of hydrogen-bond donors (Lipinski definition) is 0. The van der Waals surface area contributed by atoms with Crippen LogP contribution in [0.3, 0.4) is 0 Å². The molecule has 4 aliphatic rings. The van der Waals surface area contributed by atoms with Gasteiger partial charge >= 0.3 is 0 Å². The molecule has 5 atom stereocenters. The predicted octanol–water partition coefficient (Wildman–Crippen LogP) is 21.5. The van der Waals surface area contributed by atoms with E-state index < -0.39 is 38.6 Å². The first-order chi connectivity index (χ1) is 56.1. The Morgan fingerprint density at radius 3 is 1.55 bits per heavy atom. The molecule has 0 bridgehead atoms. The molecular weight excluding hydrogens is 1320 g/mol. The van der Waals surface area contributed by atoms with Crippen LogP contribution in [0.4, 0.5) is 68.8 Å².